The Morgan fingerprint density at radius 3 is 2.35 bits per heavy atom. The highest BCUT2D eigenvalue weighted by Gasteiger charge is 2.14. The van der Waals surface area contributed by atoms with E-state index in [1.165, 1.54) is 12.4 Å². The zero-order chi connectivity index (χ0) is 18.9. The molecule has 0 atom stereocenters. The normalized spacial score (nSPS) is 10.2. The molecule has 0 fully saturated rings. The van der Waals surface area contributed by atoms with Gasteiger partial charge in [0.1, 0.15) is 5.69 Å². The maximum atomic E-state index is 12.1. The number of rotatable bonds is 9. The SMILES string of the molecule is CCOc1ccc(CCNC(=O)c2nccnc2C(=O)[O-])cc1OCC. The maximum absolute atomic E-state index is 12.1. The molecule has 26 heavy (non-hydrogen) atoms. The van der Waals surface area contributed by atoms with E-state index in [9.17, 15) is 14.7 Å². The quantitative estimate of drug-likeness (QED) is 0.698. The monoisotopic (exact) mass is 358 g/mol. The number of ether oxygens (including phenoxy) is 2. The van der Waals surface area contributed by atoms with Gasteiger partial charge in [-0.15, -0.1) is 0 Å². The first-order valence-electron chi connectivity index (χ1n) is 8.25. The fourth-order valence-electron chi connectivity index (χ4n) is 2.31. The molecule has 1 heterocycles. The number of carbonyl (C=O) groups is 2. The van der Waals surface area contributed by atoms with Crippen LogP contribution in [-0.4, -0.2) is 41.6 Å². The lowest BCUT2D eigenvalue weighted by Gasteiger charge is -2.13. The number of nitrogens with one attached hydrogen (secondary N) is 1. The van der Waals surface area contributed by atoms with Gasteiger partial charge in [0, 0.05) is 18.9 Å². The Morgan fingerprint density at radius 2 is 1.69 bits per heavy atom. The summed E-state index contributed by atoms with van der Waals surface area (Å²) in [5, 5.41) is 13.6. The van der Waals surface area contributed by atoms with Gasteiger partial charge in [-0.1, -0.05) is 6.07 Å². The number of benzene rings is 1. The predicted octanol–water partition coefficient (Wildman–Crippen LogP) is 0.610. The van der Waals surface area contributed by atoms with Crippen molar-refractivity contribution in [1.82, 2.24) is 15.3 Å². The van der Waals surface area contributed by atoms with Crippen LogP contribution in [0.25, 0.3) is 0 Å². The summed E-state index contributed by atoms with van der Waals surface area (Å²) in [4.78, 5) is 30.5. The molecular weight excluding hydrogens is 338 g/mol. The fourth-order valence-corrected chi connectivity index (χ4v) is 2.31. The Labute approximate surface area is 151 Å². The highest BCUT2D eigenvalue weighted by atomic mass is 16.5. The zero-order valence-corrected chi connectivity index (χ0v) is 14.7. The summed E-state index contributed by atoms with van der Waals surface area (Å²) in [5.41, 5.74) is 0.190. The number of hydrogen-bond acceptors (Lipinski definition) is 7. The molecule has 8 nitrogen and oxygen atoms in total. The number of hydrogen-bond donors (Lipinski definition) is 1. The first kappa shape index (κ1) is 19.2. The lowest BCUT2D eigenvalue weighted by Crippen LogP contribution is -2.32. The molecule has 1 aromatic carbocycles. The van der Waals surface area contributed by atoms with E-state index in [0.29, 0.717) is 37.7 Å². The van der Waals surface area contributed by atoms with E-state index in [1.807, 2.05) is 32.0 Å². The second-order valence-electron chi connectivity index (χ2n) is 5.19. The Balaban J connectivity index is 2.00. The number of amides is 1. The second-order valence-corrected chi connectivity index (χ2v) is 5.19. The first-order valence-corrected chi connectivity index (χ1v) is 8.25. The molecule has 0 spiro atoms. The van der Waals surface area contributed by atoms with Crippen LogP contribution >= 0.6 is 0 Å². The first-order chi connectivity index (χ1) is 12.6. The Kier molecular flexibility index (Phi) is 6.90. The molecule has 0 saturated carbocycles. The van der Waals surface area contributed by atoms with Crippen LogP contribution in [0.4, 0.5) is 0 Å². The highest BCUT2D eigenvalue weighted by Crippen LogP contribution is 2.28. The van der Waals surface area contributed by atoms with Gasteiger partial charge in [-0.05, 0) is 38.0 Å². The van der Waals surface area contributed by atoms with E-state index in [2.05, 4.69) is 15.3 Å². The average molecular weight is 358 g/mol. The van der Waals surface area contributed by atoms with E-state index in [0.717, 1.165) is 5.56 Å². The van der Waals surface area contributed by atoms with Crippen LogP contribution in [0.5, 0.6) is 11.5 Å². The van der Waals surface area contributed by atoms with E-state index >= 15 is 0 Å². The molecule has 0 aliphatic heterocycles. The van der Waals surface area contributed by atoms with Gasteiger partial charge >= 0.3 is 0 Å². The van der Waals surface area contributed by atoms with E-state index in [4.69, 9.17) is 9.47 Å². The van der Waals surface area contributed by atoms with Gasteiger partial charge in [0.25, 0.3) is 5.91 Å². The van der Waals surface area contributed by atoms with Gasteiger partial charge in [-0.3, -0.25) is 9.78 Å². The third kappa shape index (κ3) is 4.92. The van der Waals surface area contributed by atoms with Crippen LogP contribution in [0.2, 0.25) is 0 Å². The third-order valence-electron chi connectivity index (χ3n) is 3.41. The number of carboxylic acids is 1. The Bertz CT molecular complexity index is 779. The van der Waals surface area contributed by atoms with Crippen LogP contribution in [0.15, 0.2) is 30.6 Å². The zero-order valence-electron chi connectivity index (χ0n) is 14.7. The average Bonchev–Trinajstić information content (AvgIpc) is 2.64. The predicted molar refractivity (Wildman–Crippen MR) is 91.2 cm³/mol. The third-order valence-corrected chi connectivity index (χ3v) is 3.41. The van der Waals surface area contributed by atoms with Crippen LogP contribution < -0.4 is 19.9 Å². The Hall–Kier alpha value is -3.16. The molecule has 1 amide bonds. The van der Waals surface area contributed by atoms with Crippen molar-refractivity contribution >= 4 is 11.9 Å². The number of aromatic carboxylic acids is 1. The summed E-state index contributed by atoms with van der Waals surface area (Å²) >= 11 is 0. The van der Waals surface area contributed by atoms with Crippen LogP contribution in [0, 0.1) is 0 Å². The van der Waals surface area contributed by atoms with Crippen molar-refractivity contribution in [3.05, 3.63) is 47.5 Å². The van der Waals surface area contributed by atoms with Gasteiger partial charge in [0.15, 0.2) is 17.2 Å². The smallest absolute Gasteiger partial charge is 0.272 e. The van der Waals surface area contributed by atoms with Crippen molar-refractivity contribution < 1.29 is 24.2 Å². The van der Waals surface area contributed by atoms with Crippen LogP contribution in [-0.2, 0) is 6.42 Å². The lowest BCUT2D eigenvalue weighted by molar-refractivity contribution is -0.255. The minimum absolute atomic E-state index is 0.269. The molecule has 0 unspecified atom stereocenters. The number of carboxylic acid groups (broad SMARTS) is 1. The standard InChI is InChI=1S/C18H21N3O5/c1-3-25-13-6-5-12(11-14(13)26-4-2)7-8-21-17(22)15-16(18(23)24)20-10-9-19-15/h5-6,9-11H,3-4,7-8H2,1-2H3,(H,21,22)(H,23,24)/p-1. The molecule has 8 heteroatoms. The van der Waals surface area contributed by atoms with Gasteiger partial charge in [0.2, 0.25) is 0 Å². The minimum atomic E-state index is -1.55. The van der Waals surface area contributed by atoms with Crippen molar-refractivity contribution in [2.24, 2.45) is 0 Å². The van der Waals surface area contributed by atoms with Crippen molar-refractivity contribution in [3.63, 3.8) is 0 Å². The molecule has 0 aliphatic rings. The molecule has 2 aromatic rings. The van der Waals surface area contributed by atoms with Gasteiger partial charge in [-0.2, -0.15) is 0 Å². The molecule has 138 valence electrons. The minimum Gasteiger partial charge on any atom is -0.543 e. The fraction of sp³-hybridized carbons (Fsp3) is 0.333. The van der Waals surface area contributed by atoms with Crippen LogP contribution in [0.1, 0.15) is 40.4 Å². The van der Waals surface area contributed by atoms with Crippen LogP contribution in [0.3, 0.4) is 0 Å². The van der Waals surface area contributed by atoms with Crippen molar-refractivity contribution in [3.8, 4) is 11.5 Å². The maximum Gasteiger partial charge on any atom is 0.272 e. The highest BCUT2D eigenvalue weighted by molar-refractivity contribution is 6.01. The Morgan fingerprint density at radius 1 is 1.04 bits per heavy atom. The van der Waals surface area contributed by atoms with E-state index in [-0.39, 0.29) is 5.69 Å². The number of nitrogens with zero attached hydrogens (tertiary/aromatic N) is 2. The summed E-state index contributed by atoms with van der Waals surface area (Å²) < 4.78 is 11.1. The van der Waals surface area contributed by atoms with Gasteiger partial charge < -0.3 is 24.7 Å². The molecule has 0 aliphatic carbocycles. The number of carbonyl (C=O) groups excluding carboxylic acids is 2. The molecular formula is C18H20N3O5-. The topological polar surface area (TPSA) is 113 Å². The van der Waals surface area contributed by atoms with Crippen molar-refractivity contribution in [2.45, 2.75) is 20.3 Å². The molecule has 0 bridgehead atoms. The molecule has 1 aromatic heterocycles. The largest absolute Gasteiger partial charge is 0.543 e. The summed E-state index contributed by atoms with van der Waals surface area (Å²) in [6.07, 6.45) is 2.97. The summed E-state index contributed by atoms with van der Waals surface area (Å²) in [5.74, 6) is -0.851. The van der Waals surface area contributed by atoms with Crippen molar-refractivity contribution in [1.29, 1.82) is 0 Å². The second kappa shape index (κ2) is 9.36. The van der Waals surface area contributed by atoms with E-state index < -0.39 is 17.6 Å². The summed E-state index contributed by atoms with van der Waals surface area (Å²) in [6.45, 7) is 5.12. The molecule has 1 N–H and O–H groups in total. The summed E-state index contributed by atoms with van der Waals surface area (Å²) in [6, 6.07) is 5.56. The number of aromatic nitrogens is 2. The molecule has 2 rings (SSSR count). The van der Waals surface area contributed by atoms with E-state index in [1.54, 1.807) is 0 Å². The lowest BCUT2D eigenvalue weighted by atomic mass is 10.1. The molecule has 0 radical (unpaired) electrons. The molecule has 0 saturated heterocycles. The van der Waals surface area contributed by atoms with Crippen molar-refractivity contribution in [2.75, 3.05) is 19.8 Å². The summed E-state index contributed by atoms with van der Waals surface area (Å²) in [7, 11) is 0. The van der Waals surface area contributed by atoms with Gasteiger partial charge in [0.05, 0.1) is 19.2 Å². The van der Waals surface area contributed by atoms with Gasteiger partial charge in [-0.25, -0.2) is 4.98 Å².